The first kappa shape index (κ1) is 11.4. The minimum Gasteiger partial charge on any atom is -0.465 e. The van der Waals surface area contributed by atoms with Crippen molar-refractivity contribution in [1.29, 1.82) is 0 Å². The molecule has 2 heterocycles. The second kappa shape index (κ2) is 4.10. The van der Waals surface area contributed by atoms with Gasteiger partial charge in [-0.2, -0.15) is 5.10 Å². The Balaban J connectivity index is 1.80. The summed E-state index contributed by atoms with van der Waals surface area (Å²) in [6, 6.07) is 8.51. The summed E-state index contributed by atoms with van der Waals surface area (Å²) in [5.74, 6) is 1.70. The molecule has 1 unspecified atom stereocenters. The van der Waals surface area contributed by atoms with Crippen LogP contribution in [-0.2, 0) is 6.42 Å². The maximum Gasteiger partial charge on any atom is 0.130 e. The van der Waals surface area contributed by atoms with Gasteiger partial charge in [-0.1, -0.05) is 6.07 Å². The molecular weight excluding hydrogens is 260 g/mol. The first-order valence-corrected chi connectivity index (χ1v) is 7.64. The molecule has 0 fully saturated rings. The molecule has 0 amide bonds. The molecule has 0 aliphatic heterocycles. The number of H-pyrrole nitrogens is 1. The van der Waals surface area contributed by atoms with Crippen molar-refractivity contribution < 1.29 is 4.42 Å². The van der Waals surface area contributed by atoms with Gasteiger partial charge in [-0.05, 0) is 72.1 Å². The van der Waals surface area contributed by atoms with Crippen LogP contribution in [0.3, 0.4) is 0 Å². The van der Waals surface area contributed by atoms with Crippen LogP contribution in [0, 0.1) is 5.92 Å². The Morgan fingerprint density at radius 1 is 1.24 bits per heavy atom. The summed E-state index contributed by atoms with van der Waals surface area (Å²) in [6.07, 6.45) is 8.56. The van der Waals surface area contributed by atoms with E-state index in [-0.39, 0.29) is 0 Å². The van der Waals surface area contributed by atoms with E-state index >= 15 is 0 Å². The maximum absolute atomic E-state index is 5.69. The summed E-state index contributed by atoms with van der Waals surface area (Å²) in [6.45, 7) is 0. The molecule has 2 aliphatic rings. The van der Waals surface area contributed by atoms with Crippen LogP contribution in [0.1, 0.15) is 36.1 Å². The van der Waals surface area contributed by atoms with Crippen LogP contribution in [0.15, 0.2) is 41.1 Å². The molecule has 21 heavy (non-hydrogen) atoms. The number of hydrogen-bond acceptors (Lipinski definition) is 2. The number of rotatable bonds is 1. The Bertz CT molecular complexity index is 855. The van der Waals surface area contributed by atoms with E-state index in [4.69, 9.17) is 4.42 Å². The Labute approximate surface area is 122 Å². The van der Waals surface area contributed by atoms with Crippen LogP contribution in [0.4, 0.5) is 0 Å². The lowest BCUT2D eigenvalue weighted by Gasteiger charge is -2.22. The quantitative estimate of drug-likeness (QED) is 0.714. The Morgan fingerprint density at radius 3 is 3.14 bits per heavy atom. The number of furan rings is 1. The minimum atomic E-state index is 0.648. The molecule has 5 rings (SSSR count). The minimum absolute atomic E-state index is 0.648. The van der Waals surface area contributed by atoms with Gasteiger partial charge in [0.15, 0.2) is 0 Å². The van der Waals surface area contributed by atoms with E-state index in [0.717, 1.165) is 24.1 Å². The van der Waals surface area contributed by atoms with Crippen LogP contribution in [0.5, 0.6) is 0 Å². The summed E-state index contributed by atoms with van der Waals surface area (Å²) in [5, 5.41) is 8.58. The van der Waals surface area contributed by atoms with Crippen LogP contribution in [0.25, 0.3) is 22.0 Å². The predicted octanol–water partition coefficient (Wildman–Crippen LogP) is 4.42. The second-order valence-electron chi connectivity index (χ2n) is 6.09. The highest BCUT2D eigenvalue weighted by atomic mass is 16.3. The summed E-state index contributed by atoms with van der Waals surface area (Å²) in [5.41, 5.74) is 6.96. The number of benzene rings is 1. The van der Waals surface area contributed by atoms with Crippen LogP contribution in [-0.4, -0.2) is 10.2 Å². The molecule has 3 nitrogen and oxygen atoms in total. The molecule has 2 aliphatic carbocycles. The van der Waals surface area contributed by atoms with Gasteiger partial charge >= 0.3 is 0 Å². The van der Waals surface area contributed by atoms with Crippen molar-refractivity contribution in [1.82, 2.24) is 10.2 Å². The molecule has 1 N–H and O–H groups in total. The molecule has 0 spiro atoms. The number of nitrogens with one attached hydrogen (secondary N) is 1. The fourth-order valence-corrected chi connectivity index (χ4v) is 4.14. The SMILES string of the molecule is c1coc(C2=C3c4ccc5[nH]ncc5c4CC3CCC2)c1. The summed E-state index contributed by atoms with van der Waals surface area (Å²) in [7, 11) is 0. The van der Waals surface area contributed by atoms with E-state index in [1.165, 1.54) is 40.5 Å². The van der Waals surface area contributed by atoms with Gasteiger partial charge in [-0.3, -0.25) is 5.10 Å². The van der Waals surface area contributed by atoms with Crippen molar-refractivity contribution in [3.63, 3.8) is 0 Å². The summed E-state index contributed by atoms with van der Waals surface area (Å²) in [4.78, 5) is 0. The van der Waals surface area contributed by atoms with Crippen molar-refractivity contribution >= 4 is 22.0 Å². The number of fused-ring (bicyclic) bond motifs is 5. The number of aromatic amines is 1. The lowest BCUT2D eigenvalue weighted by molar-refractivity contribution is 0.533. The third-order valence-electron chi connectivity index (χ3n) is 5.01. The normalized spacial score (nSPS) is 20.9. The zero-order valence-corrected chi connectivity index (χ0v) is 11.7. The number of nitrogens with zero attached hydrogens (tertiary/aromatic N) is 1. The highest BCUT2D eigenvalue weighted by molar-refractivity contribution is 5.99. The molecule has 104 valence electrons. The van der Waals surface area contributed by atoms with E-state index < -0.39 is 0 Å². The number of allylic oxidation sites excluding steroid dienone is 2. The van der Waals surface area contributed by atoms with Crippen LogP contribution >= 0.6 is 0 Å². The van der Waals surface area contributed by atoms with Gasteiger partial charge in [0, 0.05) is 5.39 Å². The van der Waals surface area contributed by atoms with Crippen LogP contribution in [0.2, 0.25) is 0 Å². The van der Waals surface area contributed by atoms with Gasteiger partial charge in [0.05, 0.1) is 18.0 Å². The molecule has 1 atom stereocenters. The maximum atomic E-state index is 5.69. The third kappa shape index (κ3) is 1.52. The monoisotopic (exact) mass is 276 g/mol. The smallest absolute Gasteiger partial charge is 0.130 e. The Hall–Kier alpha value is -2.29. The van der Waals surface area contributed by atoms with Gasteiger partial charge in [0.2, 0.25) is 0 Å². The molecule has 0 bridgehead atoms. The largest absolute Gasteiger partial charge is 0.465 e. The standard InChI is InChI=1S/C18H16N2O/c1-3-11-9-14-12(6-7-16-15(14)10-19-20-16)18(11)13(4-1)17-5-2-8-21-17/h2,5-8,10-11H,1,3-4,9H2,(H,19,20). The molecule has 2 aromatic heterocycles. The average Bonchev–Trinajstić information content (AvgIpc) is 3.24. The highest BCUT2D eigenvalue weighted by Gasteiger charge is 2.34. The zero-order chi connectivity index (χ0) is 13.8. The number of aromatic nitrogens is 2. The van der Waals surface area contributed by atoms with Crippen molar-refractivity contribution in [2.45, 2.75) is 25.7 Å². The van der Waals surface area contributed by atoms with Gasteiger partial charge in [0.25, 0.3) is 0 Å². The summed E-state index contributed by atoms with van der Waals surface area (Å²) >= 11 is 0. The molecule has 0 saturated carbocycles. The molecule has 0 saturated heterocycles. The first-order valence-electron chi connectivity index (χ1n) is 7.64. The van der Waals surface area contributed by atoms with E-state index in [1.54, 1.807) is 6.26 Å². The van der Waals surface area contributed by atoms with Gasteiger partial charge in [-0.25, -0.2) is 0 Å². The van der Waals surface area contributed by atoms with Crippen molar-refractivity contribution in [2.75, 3.05) is 0 Å². The second-order valence-corrected chi connectivity index (χ2v) is 6.09. The van der Waals surface area contributed by atoms with E-state index in [2.05, 4.69) is 28.4 Å². The average molecular weight is 276 g/mol. The third-order valence-corrected chi connectivity index (χ3v) is 5.01. The molecule has 1 aromatic carbocycles. The summed E-state index contributed by atoms with van der Waals surface area (Å²) < 4.78 is 5.69. The van der Waals surface area contributed by atoms with Crippen molar-refractivity contribution in [2.24, 2.45) is 5.92 Å². The van der Waals surface area contributed by atoms with Gasteiger partial charge in [-0.15, -0.1) is 0 Å². The topological polar surface area (TPSA) is 41.8 Å². The molecule has 3 heteroatoms. The van der Waals surface area contributed by atoms with Crippen molar-refractivity contribution in [3.05, 3.63) is 53.6 Å². The number of hydrogen-bond donors (Lipinski definition) is 1. The first-order chi connectivity index (χ1) is 10.4. The lowest BCUT2D eigenvalue weighted by Crippen LogP contribution is -2.07. The highest BCUT2D eigenvalue weighted by Crippen LogP contribution is 2.50. The Morgan fingerprint density at radius 2 is 2.24 bits per heavy atom. The fraction of sp³-hybridized carbons (Fsp3) is 0.278. The molecular formula is C18H16N2O. The van der Waals surface area contributed by atoms with Crippen molar-refractivity contribution in [3.8, 4) is 0 Å². The zero-order valence-electron chi connectivity index (χ0n) is 11.7. The van der Waals surface area contributed by atoms with Gasteiger partial charge in [0.1, 0.15) is 5.76 Å². The molecule has 0 radical (unpaired) electrons. The van der Waals surface area contributed by atoms with E-state index in [1.807, 2.05) is 12.3 Å². The predicted molar refractivity (Wildman–Crippen MR) is 82.7 cm³/mol. The van der Waals surface area contributed by atoms with E-state index in [9.17, 15) is 0 Å². The Kier molecular flexibility index (Phi) is 2.22. The lowest BCUT2D eigenvalue weighted by atomic mass is 9.82. The van der Waals surface area contributed by atoms with E-state index in [0.29, 0.717) is 5.92 Å². The van der Waals surface area contributed by atoms with Crippen LogP contribution < -0.4 is 0 Å². The van der Waals surface area contributed by atoms with Gasteiger partial charge < -0.3 is 4.42 Å². The molecule has 3 aromatic rings. The fourth-order valence-electron chi connectivity index (χ4n) is 4.14.